The van der Waals surface area contributed by atoms with Gasteiger partial charge in [0.15, 0.2) is 6.29 Å². The molecule has 3 rings (SSSR count). The van der Waals surface area contributed by atoms with Crippen LogP contribution in [-0.4, -0.2) is 16.0 Å². The molecule has 0 fully saturated rings. The Kier molecular flexibility index (Phi) is 2.38. The number of carbonyl (C=O) groups excluding carboxylic acids is 1. The van der Waals surface area contributed by atoms with Crippen LogP contribution < -0.4 is 0 Å². The zero-order chi connectivity index (χ0) is 12.5. The number of aromatic hydroxyl groups is 1. The zero-order valence-electron chi connectivity index (χ0n) is 9.58. The van der Waals surface area contributed by atoms with Crippen LogP contribution in [0.4, 0.5) is 0 Å². The average molecular weight is 237 g/mol. The number of aromatic nitrogens is 1. The predicted molar refractivity (Wildman–Crippen MR) is 70.3 cm³/mol. The van der Waals surface area contributed by atoms with E-state index in [-0.39, 0.29) is 5.88 Å². The standard InChI is InChI=1S/C15H11NO2/c17-10-13-12-8-4-5-9-14(12)16(15(13)18)11-6-2-1-3-7-11/h1-10,18H. The van der Waals surface area contributed by atoms with Gasteiger partial charge in [0, 0.05) is 11.1 Å². The molecule has 1 aromatic heterocycles. The van der Waals surface area contributed by atoms with Crippen molar-refractivity contribution in [1.82, 2.24) is 4.57 Å². The molecule has 88 valence electrons. The van der Waals surface area contributed by atoms with E-state index in [1.165, 1.54) is 0 Å². The van der Waals surface area contributed by atoms with E-state index in [1.807, 2.05) is 54.6 Å². The first-order valence-corrected chi connectivity index (χ1v) is 5.66. The Labute approximate surface area is 104 Å². The van der Waals surface area contributed by atoms with Crippen LogP contribution in [-0.2, 0) is 0 Å². The molecule has 0 saturated heterocycles. The van der Waals surface area contributed by atoms with E-state index in [0.717, 1.165) is 16.6 Å². The van der Waals surface area contributed by atoms with Gasteiger partial charge in [0.25, 0.3) is 0 Å². The molecule has 18 heavy (non-hydrogen) atoms. The van der Waals surface area contributed by atoms with Crippen LogP contribution in [0.25, 0.3) is 16.6 Å². The van der Waals surface area contributed by atoms with Crippen LogP contribution >= 0.6 is 0 Å². The van der Waals surface area contributed by atoms with Gasteiger partial charge in [-0.3, -0.25) is 9.36 Å². The number of benzene rings is 2. The Morgan fingerprint density at radius 2 is 1.61 bits per heavy atom. The van der Waals surface area contributed by atoms with E-state index < -0.39 is 0 Å². The van der Waals surface area contributed by atoms with Crippen molar-refractivity contribution >= 4 is 17.2 Å². The fourth-order valence-corrected chi connectivity index (χ4v) is 2.21. The first-order chi connectivity index (χ1) is 8.83. The lowest BCUT2D eigenvalue weighted by Crippen LogP contribution is -1.92. The average Bonchev–Trinajstić information content (AvgIpc) is 2.71. The third-order valence-corrected chi connectivity index (χ3v) is 3.02. The third-order valence-electron chi connectivity index (χ3n) is 3.02. The highest BCUT2D eigenvalue weighted by Crippen LogP contribution is 2.32. The molecule has 0 aliphatic heterocycles. The largest absolute Gasteiger partial charge is 0.494 e. The maximum Gasteiger partial charge on any atom is 0.207 e. The molecule has 0 spiro atoms. The van der Waals surface area contributed by atoms with E-state index in [9.17, 15) is 9.90 Å². The maximum absolute atomic E-state index is 11.1. The summed E-state index contributed by atoms with van der Waals surface area (Å²) in [6, 6.07) is 16.9. The minimum atomic E-state index is -0.0163. The summed E-state index contributed by atoms with van der Waals surface area (Å²) < 4.78 is 1.68. The van der Waals surface area contributed by atoms with Crippen LogP contribution in [0, 0.1) is 0 Å². The monoisotopic (exact) mass is 237 g/mol. The highest BCUT2D eigenvalue weighted by Gasteiger charge is 2.16. The molecular weight excluding hydrogens is 226 g/mol. The second-order valence-corrected chi connectivity index (χ2v) is 4.04. The lowest BCUT2D eigenvalue weighted by atomic mass is 10.2. The second-order valence-electron chi connectivity index (χ2n) is 4.04. The van der Waals surface area contributed by atoms with E-state index >= 15 is 0 Å². The van der Waals surface area contributed by atoms with Crippen LogP contribution in [0.3, 0.4) is 0 Å². The summed E-state index contributed by atoms with van der Waals surface area (Å²) in [6.07, 6.45) is 0.692. The normalized spacial score (nSPS) is 10.7. The topological polar surface area (TPSA) is 42.2 Å². The van der Waals surface area contributed by atoms with Gasteiger partial charge in [0.05, 0.1) is 11.1 Å². The van der Waals surface area contributed by atoms with Gasteiger partial charge in [0.1, 0.15) is 0 Å². The van der Waals surface area contributed by atoms with E-state index in [0.29, 0.717) is 11.8 Å². The summed E-state index contributed by atoms with van der Waals surface area (Å²) in [5.74, 6) is -0.0163. The number of fused-ring (bicyclic) bond motifs is 1. The van der Waals surface area contributed by atoms with Gasteiger partial charge in [-0.05, 0) is 18.2 Å². The van der Waals surface area contributed by atoms with E-state index in [4.69, 9.17) is 0 Å². The third kappa shape index (κ3) is 1.41. The van der Waals surface area contributed by atoms with Gasteiger partial charge >= 0.3 is 0 Å². The SMILES string of the molecule is O=Cc1c(O)n(-c2ccccc2)c2ccccc12. The highest BCUT2D eigenvalue weighted by atomic mass is 16.3. The molecule has 0 saturated carbocycles. The summed E-state index contributed by atoms with van der Waals surface area (Å²) in [5, 5.41) is 11.0. The summed E-state index contributed by atoms with van der Waals surface area (Å²) in [6.45, 7) is 0. The van der Waals surface area contributed by atoms with Gasteiger partial charge < -0.3 is 5.11 Å². The van der Waals surface area contributed by atoms with Crippen molar-refractivity contribution < 1.29 is 9.90 Å². The Morgan fingerprint density at radius 1 is 0.944 bits per heavy atom. The van der Waals surface area contributed by atoms with Gasteiger partial charge in [-0.15, -0.1) is 0 Å². The fourth-order valence-electron chi connectivity index (χ4n) is 2.21. The van der Waals surface area contributed by atoms with Gasteiger partial charge in [-0.1, -0.05) is 36.4 Å². The molecule has 0 amide bonds. The molecule has 1 heterocycles. The number of para-hydroxylation sites is 2. The summed E-state index contributed by atoms with van der Waals surface area (Å²) in [7, 11) is 0. The van der Waals surface area contributed by atoms with Crippen molar-refractivity contribution in [3.8, 4) is 11.6 Å². The molecule has 2 aromatic carbocycles. The van der Waals surface area contributed by atoms with Crippen LogP contribution in [0.2, 0.25) is 0 Å². The summed E-state index contributed by atoms with van der Waals surface area (Å²) in [4.78, 5) is 11.1. The van der Waals surface area contributed by atoms with Crippen molar-refractivity contribution in [1.29, 1.82) is 0 Å². The summed E-state index contributed by atoms with van der Waals surface area (Å²) >= 11 is 0. The Bertz CT molecular complexity index is 714. The molecule has 0 unspecified atom stereocenters. The lowest BCUT2D eigenvalue weighted by molar-refractivity contribution is 0.112. The van der Waals surface area contributed by atoms with Crippen molar-refractivity contribution in [2.75, 3.05) is 0 Å². The molecule has 0 atom stereocenters. The number of nitrogens with zero attached hydrogens (tertiary/aromatic N) is 1. The molecule has 0 aliphatic carbocycles. The minimum Gasteiger partial charge on any atom is -0.494 e. The summed E-state index contributed by atoms with van der Waals surface area (Å²) in [5.41, 5.74) is 1.98. The number of hydrogen-bond donors (Lipinski definition) is 1. The van der Waals surface area contributed by atoms with Gasteiger partial charge in [0.2, 0.25) is 5.88 Å². The number of carbonyl (C=O) groups is 1. The van der Waals surface area contributed by atoms with Crippen LogP contribution in [0.5, 0.6) is 5.88 Å². The van der Waals surface area contributed by atoms with Crippen molar-refractivity contribution in [2.45, 2.75) is 0 Å². The van der Waals surface area contributed by atoms with E-state index in [2.05, 4.69) is 0 Å². The molecule has 0 radical (unpaired) electrons. The van der Waals surface area contributed by atoms with Gasteiger partial charge in [-0.25, -0.2) is 0 Å². The van der Waals surface area contributed by atoms with Crippen LogP contribution in [0.15, 0.2) is 54.6 Å². The second kappa shape index (κ2) is 4.04. The Balaban J connectivity index is 2.43. The number of hydrogen-bond acceptors (Lipinski definition) is 2. The Morgan fingerprint density at radius 3 is 2.33 bits per heavy atom. The maximum atomic E-state index is 11.1. The molecule has 0 aliphatic rings. The first kappa shape index (κ1) is 10.6. The van der Waals surface area contributed by atoms with E-state index in [1.54, 1.807) is 4.57 Å². The highest BCUT2D eigenvalue weighted by molar-refractivity contribution is 6.01. The van der Waals surface area contributed by atoms with Crippen molar-refractivity contribution in [3.05, 3.63) is 60.2 Å². The molecule has 3 heteroatoms. The molecule has 0 bridgehead atoms. The minimum absolute atomic E-state index is 0.0163. The van der Waals surface area contributed by atoms with Gasteiger partial charge in [-0.2, -0.15) is 0 Å². The number of rotatable bonds is 2. The molecule has 3 nitrogen and oxygen atoms in total. The quantitative estimate of drug-likeness (QED) is 0.696. The zero-order valence-corrected chi connectivity index (χ0v) is 9.58. The predicted octanol–water partition coefficient (Wildman–Crippen LogP) is 3.15. The molecule has 1 N–H and O–H groups in total. The fraction of sp³-hybridized carbons (Fsp3) is 0. The Hall–Kier alpha value is -2.55. The smallest absolute Gasteiger partial charge is 0.207 e. The van der Waals surface area contributed by atoms with Crippen LogP contribution in [0.1, 0.15) is 10.4 Å². The van der Waals surface area contributed by atoms with Crippen molar-refractivity contribution in [3.63, 3.8) is 0 Å². The molecule has 3 aromatic rings. The van der Waals surface area contributed by atoms with Crippen molar-refractivity contribution in [2.24, 2.45) is 0 Å². The lowest BCUT2D eigenvalue weighted by Gasteiger charge is -2.06. The first-order valence-electron chi connectivity index (χ1n) is 5.66. The molecular formula is C15H11NO2. The number of aldehydes is 1.